The summed E-state index contributed by atoms with van der Waals surface area (Å²) < 4.78 is 40.1. The lowest BCUT2D eigenvalue weighted by Crippen LogP contribution is -2.30. The zero-order valence-electron chi connectivity index (χ0n) is 10.1. The molecule has 20 heavy (non-hydrogen) atoms. The molecule has 0 aromatic heterocycles. The highest BCUT2D eigenvalue weighted by atomic mass is 19.4. The van der Waals surface area contributed by atoms with Crippen LogP contribution in [0.3, 0.4) is 0 Å². The fourth-order valence-electron chi connectivity index (χ4n) is 2.01. The minimum Gasteiger partial charge on any atom is -0.481 e. The summed E-state index contributed by atoms with van der Waals surface area (Å²) in [7, 11) is 0. The molecule has 8 heteroatoms. The van der Waals surface area contributed by atoms with E-state index in [4.69, 9.17) is 5.11 Å². The fraction of sp³-hybridized carbons (Fsp3) is 0.333. The second-order valence-electron chi connectivity index (χ2n) is 4.21. The Labute approximate surface area is 111 Å². The summed E-state index contributed by atoms with van der Waals surface area (Å²) in [6.45, 7) is 0.144. The number of anilines is 1. The lowest BCUT2D eigenvalue weighted by Gasteiger charge is -2.17. The van der Waals surface area contributed by atoms with Crippen LogP contribution in [0.4, 0.5) is 18.9 Å². The Morgan fingerprint density at radius 2 is 2.10 bits per heavy atom. The number of aliphatic carboxylic acids is 1. The molecule has 1 aliphatic heterocycles. The van der Waals surface area contributed by atoms with Gasteiger partial charge in [0.1, 0.15) is 11.7 Å². The van der Waals surface area contributed by atoms with Gasteiger partial charge in [0.25, 0.3) is 0 Å². The van der Waals surface area contributed by atoms with E-state index in [9.17, 15) is 22.8 Å². The molecule has 0 aliphatic carbocycles. The van der Waals surface area contributed by atoms with Crippen molar-refractivity contribution in [2.75, 3.05) is 11.4 Å². The standard InChI is InChI=1S/C12H10F3NO4/c13-12(14,15)20-8-3-1-2-7(6-8)16-5-4-9(10(16)17)11(18)19/h1-3,6,9H,4-5H2,(H,18,19)/t9-/m0/s1. The fourth-order valence-corrected chi connectivity index (χ4v) is 2.01. The van der Waals surface area contributed by atoms with Gasteiger partial charge in [-0.05, 0) is 18.6 Å². The van der Waals surface area contributed by atoms with Crippen molar-refractivity contribution < 1.29 is 32.6 Å². The van der Waals surface area contributed by atoms with Crippen molar-refractivity contribution in [2.45, 2.75) is 12.8 Å². The van der Waals surface area contributed by atoms with Gasteiger partial charge in [-0.25, -0.2) is 0 Å². The number of hydrogen-bond donors (Lipinski definition) is 1. The van der Waals surface area contributed by atoms with Crippen molar-refractivity contribution in [3.63, 3.8) is 0 Å². The molecule has 1 fully saturated rings. The van der Waals surface area contributed by atoms with Gasteiger partial charge in [-0.2, -0.15) is 0 Å². The SMILES string of the molecule is O=C(O)[C@H]1CCN(c2cccc(OC(F)(F)F)c2)C1=O. The van der Waals surface area contributed by atoms with Crippen LogP contribution in [-0.4, -0.2) is 29.9 Å². The second kappa shape index (κ2) is 5.03. The number of hydrogen-bond acceptors (Lipinski definition) is 3. The Morgan fingerprint density at radius 3 is 2.65 bits per heavy atom. The summed E-state index contributed by atoms with van der Waals surface area (Å²) in [6, 6.07) is 4.88. The van der Waals surface area contributed by atoms with Crippen LogP contribution < -0.4 is 9.64 Å². The first-order chi connectivity index (χ1) is 9.28. The van der Waals surface area contributed by atoms with E-state index in [1.165, 1.54) is 12.1 Å². The molecule has 108 valence electrons. The largest absolute Gasteiger partial charge is 0.573 e. The number of carboxylic acids is 1. The minimum absolute atomic E-state index is 0.124. The normalized spacial score (nSPS) is 19.2. The Balaban J connectivity index is 2.20. The van der Waals surface area contributed by atoms with E-state index in [1.54, 1.807) is 0 Å². The van der Waals surface area contributed by atoms with Gasteiger partial charge in [0.15, 0.2) is 0 Å². The molecule has 1 aliphatic rings. The van der Waals surface area contributed by atoms with Crippen molar-refractivity contribution in [3.8, 4) is 5.75 Å². The maximum atomic E-state index is 12.1. The van der Waals surface area contributed by atoms with Crippen molar-refractivity contribution >= 4 is 17.6 Å². The Hall–Kier alpha value is -2.25. The van der Waals surface area contributed by atoms with Crippen molar-refractivity contribution in [3.05, 3.63) is 24.3 Å². The highest BCUT2D eigenvalue weighted by Gasteiger charge is 2.38. The van der Waals surface area contributed by atoms with Crippen LogP contribution in [0, 0.1) is 5.92 Å². The molecule has 1 N–H and O–H groups in total. The lowest BCUT2D eigenvalue weighted by atomic mass is 10.1. The molecule has 0 unspecified atom stereocenters. The summed E-state index contributed by atoms with van der Waals surface area (Å²) in [6.07, 6.45) is -4.70. The highest BCUT2D eigenvalue weighted by molar-refractivity contribution is 6.07. The monoisotopic (exact) mass is 289 g/mol. The number of benzene rings is 1. The van der Waals surface area contributed by atoms with E-state index >= 15 is 0 Å². The zero-order valence-corrected chi connectivity index (χ0v) is 10.1. The molecule has 1 saturated heterocycles. The van der Waals surface area contributed by atoms with Crippen molar-refractivity contribution in [1.82, 2.24) is 0 Å². The summed E-state index contributed by atoms with van der Waals surface area (Å²) in [5.41, 5.74) is 0.181. The van der Waals surface area contributed by atoms with Crippen molar-refractivity contribution in [2.24, 2.45) is 5.92 Å². The van der Waals surface area contributed by atoms with Gasteiger partial charge in [-0.1, -0.05) is 6.07 Å². The molecule has 0 radical (unpaired) electrons. The zero-order chi connectivity index (χ0) is 14.9. The Morgan fingerprint density at radius 1 is 1.40 bits per heavy atom. The Kier molecular flexibility index (Phi) is 3.56. The van der Waals surface area contributed by atoms with Gasteiger partial charge in [-0.3, -0.25) is 9.59 Å². The van der Waals surface area contributed by atoms with E-state index in [-0.39, 0.29) is 18.7 Å². The number of carboxylic acid groups (broad SMARTS) is 1. The Bertz CT molecular complexity index is 544. The quantitative estimate of drug-likeness (QED) is 0.864. The summed E-state index contributed by atoms with van der Waals surface area (Å²) in [5.74, 6) is -3.48. The van der Waals surface area contributed by atoms with Crippen LogP contribution in [0.5, 0.6) is 5.75 Å². The number of ether oxygens (including phenoxy) is 1. The first-order valence-corrected chi connectivity index (χ1v) is 5.68. The summed E-state index contributed by atoms with van der Waals surface area (Å²) in [4.78, 5) is 23.8. The van der Waals surface area contributed by atoms with Gasteiger partial charge in [0.2, 0.25) is 5.91 Å². The second-order valence-corrected chi connectivity index (χ2v) is 4.21. The predicted molar refractivity (Wildman–Crippen MR) is 61.2 cm³/mol. The van der Waals surface area contributed by atoms with E-state index in [0.29, 0.717) is 0 Å². The number of carbonyl (C=O) groups is 2. The number of alkyl halides is 3. The maximum absolute atomic E-state index is 12.1. The van der Waals surface area contributed by atoms with Crippen molar-refractivity contribution in [1.29, 1.82) is 0 Å². The van der Waals surface area contributed by atoms with Gasteiger partial charge in [0.05, 0.1) is 0 Å². The molecule has 0 bridgehead atoms. The van der Waals surface area contributed by atoms with Crippen LogP contribution in [0.2, 0.25) is 0 Å². The number of rotatable bonds is 3. The first-order valence-electron chi connectivity index (χ1n) is 5.68. The topological polar surface area (TPSA) is 66.8 Å². The highest BCUT2D eigenvalue weighted by Crippen LogP contribution is 2.30. The first kappa shape index (κ1) is 14.2. The van der Waals surface area contributed by atoms with Gasteiger partial charge >= 0.3 is 12.3 Å². The minimum atomic E-state index is -4.82. The van der Waals surface area contributed by atoms with Crippen LogP contribution in [-0.2, 0) is 9.59 Å². The molecule has 0 saturated carbocycles. The molecule has 1 amide bonds. The van der Waals surface area contributed by atoms with Crippen LogP contribution in [0.25, 0.3) is 0 Å². The molecule has 0 spiro atoms. The average Bonchev–Trinajstić information content (AvgIpc) is 2.69. The van der Waals surface area contributed by atoms with E-state index in [0.717, 1.165) is 17.0 Å². The van der Waals surface area contributed by atoms with E-state index in [1.807, 2.05) is 0 Å². The third kappa shape index (κ3) is 3.01. The lowest BCUT2D eigenvalue weighted by molar-refractivity contribution is -0.274. The van der Waals surface area contributed by atoms with E-state index < -0.39 is 29.9 Å². The number of nitrogens with zero attached hydrogens (tertiary/aromatic N) is 1. The summed E-state index contributed by atoms with van der Waals surface area (Å²) >= 11 is 0. The van der Waals surface area contributed by atoms with Gasteiger partial charge < -0.3 is 14.7 Å². The smallest absolute Gasteiger partial charge is 0.481 e. The predicted octanol–water partition coefficient (Wildman–Crippen LogP) is 2.02. The average molecular weight is 289 g/mol. The molecule has 1 heterocycles. The number of halogens is 3. The third-order valence-corrected chi connectivity index (χ3v) is 2.87. The summed E-state index contributed by atoms with van der Waals surface area (Å²) in [5, 5.41) is 8.83. The maximum Gasteiger partial charge on any atom is 0.573 e. The van der Waals surface area contributed by atoms with Gasteiger partial charge in [0, 0.05) is 18.3 Å². The molecule has 2 rings (SSSR count). The number of carbonyl (C=O) groups excluding carboxylic acids is 1. The third-order valence-electron chi connectivity index (χ3n) is 2.87. The van der Waals surface area contributed by atoms with Gasteiger partial charge in [-0.15, -0.1) is 13.2 Å². The van der Waals surface area contributed by atoms with Crippen LogP contribution >= 0.6 is 0 Å². The van der Waals surface area contributed by atoms with Crippen LogP contribution in [0.1, 0.15) is 6.42 Å². The molecule has 5 nitrogen and oxygen atoms in total. The molecule has 1 atom stereocenters. The molecular weight excluding hydrogens is 279 g/mol. The number of amides is 1. The van der Waals surface area contributed by atoms with E-state index in [2.05, 4.69) is 4.74 Å². The van der Waals surface area contributed by atoms with Crippen LogP contribution in [0.15, 0.2) is 24.3 Å². The molecule has 1 aromatic carbocycles. The molecule has 1 aromatic rings. The molecular formula is C12H10F3NO4.